The first-order valence-corrected chi connectivity index (χ1v) is 9.50. The van der Waals surface area contributed by atoms with Gasteiger partial charge >= 0.3 is 6.18 Å². The lowest BCUT2D eigenvalue weighted by atomic mass is 10.1. The fourth-order valence-corrected chi connectivity index (χ4v) is 3.32. The predicted molar refractivity (Wildman–Crippen MR) is 108 cm³/mol. The van der Waals surface area contributed by atoms with E-state index in [9.17, 15) is 22.8 Å². The third-order valence-electron chi connectivity index (χ3n) is 4.95. The van der Waals surface area contributed by atoms with E-state index in [0.29, 0.717) is 10.6 Å². The van der Waals surface area contributed by atoms with Crippen LogP contribution in [-0.4, -0.2) is 15.5 Å². The van der Waals surface area contributed by atoms with Gasteiger partial charge in [0.25, 0.3) is 5.56 Å². The molecule has 9 heteroatoms. The number of benzene rings is 2. The molecule has 3 rings (SSSR count). The molecule has 0 spiro atoms. The molecule has 0 aliphatic rings. The van der Waals surface area contributed by atoms with Crippen molar-refractivity contribution < 1.29 is 18.0 Å². The maximum atomic E-state index is 13.4. The van der Waals surface area contributed by atoms with Gasteiger partial charge < -0.3 is 5.32 Å². The smallest absolute Gasteiger partial charge is 0.350 e. The molecule has 0 aliphatic carbocycles. The van der Waals surface area contributed by atoms with E-state index in [1.165, 1.54) is 13.0 Å². The Morgan fingerprint density at radius 3 is 2.47 bits per heavy atom. The summed E-state index contributed by atoms with van der Waals surface area (Å²) in [7, 11) is 0. The van der Waals surface area contributed by atoms with Crippen molar-refractivity contribution in [3.05, 3.63) is 74.2 Å². The van der Waals surface area contributed by atoms with Crippen molar-refractivity contribution in [1.82, 2.24) is 14.9 Å². The van der Waals surface area contributed by atoms with Crippen molar-refractivity contribution in [1.29, 1.82) is 0 Å². The van der Waals surface area contributed by atoms with Gasteiger partial charge in [0.1, 0.15) is 6.04 Å². The molecule has 0 fully saturated rings. The number of hydrogen-bond donors (Lipinski definition) is 1. The van der Waals surface area contributed by atoms with E-state index in [2.05, 4.69) is 10.3 Å². The Hall–Kier alpha value is -2.87. The second-order valence-corrected chi connectivity index (χ2v) is 7.45. The molecule has 2 aromatic carbocycles. The number of carbonyl (C=O) groups excluding carboxylic acids is 1. The number of nitrogens with one attached hydrogen (secondary N) is 1. The molecule has 0 saturated heterocycles. The van der Waals surface area contributed by atoms with Gasteiger partial charge in [-0.25, -0.2) is 4.98 Å². The Morgan fingerprint density at radius 1 is 1.20 bits per heavy atom. The van der Waals surface area contributed by atoms with Crippen LogP contribution >= 0.6 is 11.6 Å². The van der Waals surface area contributed by atoms with Crippen LogP contribution in [0, 0.1) is 13.8 Å². The van der Waals surface area contributed by atoms with Gasteiger partial charge in [0.15, 0.2) is 0 Å². The number of aromatic nitrogens is 2. The van der Waals surface area contributed by atoms with Crippen LogP contribution in [0.3, 0.4) is 0 Å². The molecule has 5 nitrogen and oxygen atoms in total. The first-order chi connectivity index (χ1) is 14.0. The van der Waals surface area contributed by atoms with Crippen molar-refractivity contribution in [2.75, 3.05) is 0 Å². The molecule has 1 atom stereocenters. The zero-order valence-corrected chi connectivity index (χ0v) is 17.2. The summed E-state index contributed by atoms with van der Waals surface area (Å²) >= 11 is 6.07. The van der Waals surface area contributed by atoms with Crippen LogP contribution < -0.4 is 10.9 Å². The largest absolute Gasteiger partial charge is 0.438 e. The molecule has 1 heterocycles. The topological polar surface area (TPSA) is 64.0 Å². The van der Waals surface area contributed by atoms with Gasteiger partial charge in [0.05, 0.1) is 11.0 Å². The summed E-state index contributed by atoms with van der Waals surface area (Å²) in [5.41, 5.74) is -0.617. The van der Waals surface area contributed by atoms with E-state index in [4.69, 9.17) is 11.6 Å². The quantitative estimate of drug-likeness (QED) is 0.650. The zero-order chi connectivity index (χ0) is 22.2. The number of nitrogens with zero attached hydrogens (tertiary/aromatic N) is 2. The summed E-state index contributed by atoms with van der Waals surface area (Å²) < 4.78 is 41.1. The SMILES string of the molecule is Cc1cc2nc(C(F)(F)F)c(=O)n([C@@H](C)C(=O)NCc3ccccc3Cl)c2cc1C. The van der Waals surface area contributed by atoms with Gasteiger partial charge in [-0.3, -0.25) is 14.2 Å². The highest BCUT2D eigenvalue weighted by Crippen LogP contribution is 2.28. The van der Waals surface area contributed by atoms with E-state index in [1.54, 1.807) is 44.2 Å². The monoisotopic (exact) mass is 437 g/mol. The number of aryl methyl sites for hydroxylation is 2. The van der Waals surface area contributed by atoms with Crippen LogP contribution in [-0.2, 0) is 17.5 Å². The Bertz CT molecular complexity index is 1190. The highest BCUT2D eigenvalue weighted by atomic mass is 35.5. The Morgan fingerprint density at radius 2 is 1.83 bits per heavy atom. The summed E-state index contributed by atoms with van der Waals surface area (Å²) in [6.07, 6.45) is -4.94. The van der Waals surface area contributed by atoms with Crippen molar-refractivity contribution >= 4 is 28.5 Å². The summed E-state index contributed by atoms with van der Waals surface area (Å²) in [6.45, 7) is 4.95. The van der Waals surface area contributed by atoms with E-state index in [0.717, 1.165) is 15.7 Å². The lowest BCUT2D eigenvalue weighted by Gasteiger charge is -2.20. The summed E-state index contributed by atoms with van der Waals surface area (Å²) in [5.74, 6) is -0.615. The fourth-order valence-electron chi connectivity index (χ4n) is 3.12. The molecule has 158 valence electrons. The lowest BCUT2D eigenvalue weighted by molar-refractivity contribution is -0.142. The maximum Gasteiger partial charge on any atom is 0.438 e. The summed E-state index contributed by atoms with van der Waals surface area (Å²) in [5, 5.41) is 3.08. The number of alkyl halides is 3. The van der Waals surface area contributed by atoms with Crippen molar-refractivity contribution in [2.45, 2.75) is 39.5 Å². The molecule has 0 saturated carbocycles. The number of amides is 1. The summed E-state index contributed by atoms with van der Waals surface area (Å²) in [4.78, 5) is 28.9. The number of rotatable bonds is 4. The van der Waals surface area contributed by atoms with Crippen molar-refractivity contribution in [3.63, 3.8) is 0 Å². The minimum Gasteiger partial charge on any atom is -0.350 e. The third kappa shape index (κ3) is 4.18. The molecule has 0 aliphatic heterocycles. The van der Waals surface area contributed by atoms with Gasteiger partial charge in [-0.15, -0.1) is 0 Å². The molecule has 30 heavy (non-hydrogen) atoms. The maximum absolute atomic E-state index is 13.4. The second-order valence-electron chi connectivity index (χ2n) is 7.04. The Balaban J connectivity index is 2.07. The average Bonchev–Trinajstić information content (AvgIpc) is 2.67. The highest BCUT2D eigenvalue weighted by molar-refractivity contribution is 6.31. The second kappa shape index (κ2) is 8.10. The van der Waals surface area contributed by atoms with Gasteiger partial charge in [-0.1, -0.05) is 29.8 Å². The average molecular weight is 438 g/mol. The summed E-state index contributed by atoms with van der Waals surface area (Å²) in [6, 6.07) is 8.71. The third-order valence-corrected chi connectivity index (χ3v) is 5.32. The van der Waals surface area contributed by atoms with E-state index in [1.807, 2.05) is 0 Å². The first kappa shape index (κ1) is 21.8. The Labute approximate surface area is 175 Å². The normalized spacial score (nSPS) is 12.8. The van der Waals surface area contributed by atoms with Gasteiger partial charge in [-0.2, -0.15) is 13.2 Å². The number of fused-ring (bicyclic) bond motifs is 1. The zero-order valence-electron chi connectivity index (χ0n) is 16.5. The van der Waals surface area contributed by atoms with E-state index >= 15 is 0 Å². The predicted octanol–water partition coefficient (Wildman–Crippen LogP) is 4.56. The van der Waals surface area contributed by atoms with Crippen molar-refractivity contribution in [2.24, 2.45) is 0 Å². The standard InChI is InChI=1S/C21H19ClF3N3O2/c1-11-8-16-17(9-12(11)2)28(20(30)18(27-16)21(23,24)25)13(3)19(29)26-10-14-6-4-5-7-15(14)22/h4-9,13H,10H2,1-3H3,(H,26,29)/t13-/m0/s1. The van der Waals surface area contributed by atoms with Crippen LogP contribution in [0.15, 0.2) is 41.2 Å². The van der Waals surface area contributed by atoms with Crippen LogP contribution in [0.25, 0.3) is 11.0 Å². The number of hydrogen-bond acceptors (Lipinski definition) is 3. The number of carbonyl (C=O) groups is 1. The molecule has 0 bridgehead atoms. The fraction of sp³-hybridized carbons (Fsp3) is 0.286. The highest BCUT2D eigenvalue weighted by Gasteiger charge is 2.38. The van der Waals surface area contributed by atoms with Crippen LogP contribution in [0.1, 0.15) is 35.3 Å². The van der Waals surface area contributed by atoms with Gasteiger partial charge in [0.2, 0.25) is 11.6 Å². The molecular weight excluding hydrogens is 419 g/mol. The van der Waals surface area contributed by atoms with Gasteiger partial charge in [0, 0.05) is 11.6 Å². The lowest BCUT2D eigenvalue weighted by Crippen LogP contribution is -2.39. The van der Waals surface area contributed by atoms with E-state index in [-0.39, 0.29) is 17.6 Å². The Kier molecular flexibility index (Phi) is 5.90. The molecule has 3 aromatic rings. The van der Waals surface area contributed by atoms with Crippen LogP contribution in [0.4, 0.5) is 13.2 Å². The molecule has 1 aromatic heterocycles. The van der Waals surface area contributed by atoms with Crippen molar-refractivity contribution in [3.8, 4) is 0 Å². The molecule has 0 radical (unpaired) electrons. The minimum absolute atomic E-state index is 0.00391. The van der Waals surface area contributed by atoms with E-state index < -0.39 is 29.4 Å². The molecular formula is C21H19ClF3N3O2. The van der Waals surface area contributed by atoms with Gasteiger partial charge in [-0.05, 0) is 55.7 Å². The number of halogens is 4. The van der Waals surface area contributed by atoms with Crippen LogP contribution in [0.5, 0.6) is 0 Å². The minimum atomic E-state index is -4.94. The van der Waals surface area contributed by atoms with Crippen LogP contribution in [0.2, 0.25) is 5.02 Å². The first-order valence-electron chi connectivity index (χ1n) is 9.12. The molecule has 1 N–H and O–H groups in total. The molecule has 1 amide bonds. The molecule has 0 unspecified atom stereocenters.